The molecule has 0 aromatic heterocycles. The first kappa shape index (κ1) is 81.1. The molecule has 0 aliphatic rings. The van der Waals surface area contributed by atoms with Crippen molar-refractivity contribution in [2.24, 2.45) is 17.8 Å². The molecule has 0 fully saturated rings. The van der Waals surface area contributed by atoms with E-state index in [0.29, 0.717) is 31.6 Å². The van der Waals surface area contributed by atoms with Gasteiger partial charge >= 0.3 is 39.5 Å². The van der Waals surface area contributed by atoms with Crippen LogP contribution in [0.4, 0.5) is 0 Å². The minimum atomic E-state index is -4.94. The zero-order chi connectivity index (χ0) is 61.7. The third-order valence-electron chi connectivity index (χ3n) is 14.6. The molecule has 0 bridgehead atoms. The van der Waals surface area contributed by atoms with Crippen molar-refractivity contribution in [2.75, 3.05) is 39.6 Å². The minimum absolute atomic E-state index is 0.104. The number of aliphatic hydroxyl groups is 1. The highest BCUT2D eigenvalue weighted by atomic mass is 31.2. The third-order valence-corrected chi connectivity index (χ3v) is 16.5. The van der Waals surface area contributed by atoms with Crippen molar-refractivity contribution in [3.63, 3.8) is 0 Å². The van der Waals surface area contributed by atoms with Crippen molar-refractivity contribution in [1.82, 2.24) is 0 Å². The number of carbonyl (C=O) groups excluding carboxylic acids is 4. The molecule has 492 valence electrons. The Hall–Kier alpha value is -1.94. The summed E-state index contributed by atoms with van der Waals surface area (Å²) in [5.74, 6) is 0.0224. The van der Waals surface area contributed by atoms with E-state index in [1.807, 2.05) is 0 Å². The van der Waals surface area contributed by atoms with Crippen molar-refractivity contribution >= 4 is 39.5 Å². The minimum Gasteiger partial charge on any atom is -0.462 e. The standard InChI is InChI=1S/C64H124O17P2/c1-8-9-10-11-12-13-18-24-33-40-47-63(68)81-60(52-75-62(67)46-39-32-27-26-30-37-44-57(6)7)54-79-83(72,73)77-50-58(65)49-76-82(70,71)78-53-59(80-64(69)48-41-34-25-20-15-17-22-29-36-43-56(4)5)51-74-61(66)45-38-31-23-19-14-16-21-28-35-42-55(2)3/h55-60,65H,8-54H2,1-7H3,(H,70,71)(H,72,73)/t58-,59-,60-/m1/s1. The van der Waals surface area contributed by atoms with Gasteiger partial charge in [0.05, 0.1) is 26.4 Å². The maximum Gasteiger partial charge on any atom is 0.472 e. The molecular weight excluding hydrogens is 1100 g/mol. The number of phosphoric ester groups is 2. The molecule has 2 unspecified atom stereocenters. The van der Waals surface area contributed by atoms with Gasteiger partial charge in [0.2, 0.25) is 0 Å². The van der Waals surface area contributed by atoms with Crippen LogP contribution in [0.3, 0.4) is 0 Å². The van der Waals surface area contributed by atoms with Gasteiger partial charge in [-0.15, -0.1) is 0 Å². The predicted molar refractivity (Wildman–Crippen MR) is 331 cm³/mol. The summed E-state index contributed by atoms with van der Waals surface area (Å²) in [6.45, 7) is 11.7. The lowest BCUT2D eigenvalue weighted by Crippen LogP contribution is -2.30. The van der Waals surface area contributed by atoms with Crippen LogP contribution in [0, 0.1) is 17.8 Å². The molecule has 3 N–H and O–H groups in total. The number of unbranched alkanes of at least 4 members (excludes halogenated alkanes) is 30. The highest BCUT2D eigenvalue weighted by Gasteiger charge is 2.30. The zero-order valence-corrected chi connectivity index (χ0v) is 55.4. The SMILES string of the molecule is CCCCCCCCCCCCC(=O)O[C@H](COC(=O)CCCCCCCCC(C)C)COP(=O)(O)OC[C@H](O)COP(=O)(O)OC[C@@H](COC(=O)CCCCCCCCCCCC(C)C)OC(=O)CCCCCCCCCCCC(C)C. The van der Waals surface area contributed by atoms with Gasteiger partial charge in [0, 0.05) is 25.7 Å². The Morgan fingerprint density at radius 3 is 0.819 bits per heavy atom. The van der Waals surface area contributed by atoms with E-state index in [-0.39, 0.29) is 25.7 Å². The summed E-state index contributed by atoms with van der Waals surface area (Å²) < 4.78 is 68.0. The highest BCUT2D eigenvalue weighted by Crippen LogP contribution is 2.45. The lowest BCUT2D eigenvalue weighted by atomic mass is 10.0. The number of hydrogen-bond donors (Lipinski definition) is 3. The molecule has 0 aliphatic heterocycles. The van der Waals surface area contributed by atoms with Crippen LogP contribution in [0.25, 0.3) is 0 Å². The van der Waals surface area contributed by atoms with Gasteiger partial charge in [-0.3, -0.25) is 37.3 Å². The normalized spacial score (nSPS) is 14.4. The molecule has 83 heavy (non-hydrogen) atoms. The maximum absolute atomic E-state index is 13.0. The van der Waals surface area contributed by atoms with Crippen molar-refractivity contribution < 1.29 is 80.2 Å². The van der Waals surface area contributed by atoms with E-state index in [1.165, 1.54) is 116 Å². The van der Waals surface area contributed by atoms with Crippen LogP contribution in [0.15, 0.2) is 0 Å². The quantitative estimate of drug-likeness (QED) is 0.0222. The molecule has 0 heterocycles. The van der Waals surface area contributed by atoms with Gasteiger partial charge in [0.25, 0.3) is 0 Å². The molecule has 0 aliphatic carbocycles. The molecular formula is C64H124O17P2. The molecule has 0 amide bonds. The number of rotatable bonds is 62. The molecule has 0 aromatic carbocycles. The molecule has 0 saturated heterocycles. The summed E-state index contributed by atoms with van der Waals surface area (Å²) in [5, 5.41) is 10.5. The second-order valence-electron chi connectivity index (χ2n) is 24.6. The van der Waals surface area contributed by atoms with Crippen LogP contribution >= 0.6 is 15.6 Å². The van der Waals surface area contributed by atoms with Crippen LogP contribution in [-0.2, 0) is 65.4 Å². The number of phosphoric acid groups is 2. The summed E-state index contributed by atoms with van der Waals surface area (Å²) in [7, 11) is -9.89. The molecule has 0 saturated carbocycles. The summed E-state index contributed by atoms with van der Waals surface area (Å²) in [6, 6.07) is 0. The Morgan fingerprint density at radius 2 is 0.554 bits per heavy atom. The molecule has 0 spiro atoms. The monoisotopic (exact) mass is 1230 g/mol. The average Bonchev–Trinajstić information content (AvgIpc) is 3.44. The van der Waals surface area contributed by atoms with E-state index in [4.69, 9.17) is 37.0 Å². The molecule has 0 radical (unpaired) electrons. The molecule has 0 aromatic rings. The smallest absolute Gasteiger partial charge is 0.462 e. The Labute approximate surface area is 505 Å². The average molecular weight is 1230 g/mol. The Kier molecular flexibility index (Phi) is 54.1. The number of aliphatic hydroxyl groups excluding tert-OH is 1. The first-order chi connectivity index (χ1) is 39.7. The van der Waals surface area contributed by atoms with E-state index < -0.39 is 97.5 Å². The van der Waals surface area contributed by atoms with Gasteiger partial charge in [-0.25, -0.2) is 9.13 Å². The number of esters is 4. The second-order valence-corrected chi connectivity index (χ2v) is 27.5. The largest absolute Gasteiger partial charge is 0.472 e. The van der Waals surface area contributed by atoms with Gasteiger partial charge in [-0.2, -0.15) is 0 Å². The lowest BCUT2D eigenvalue weighted by Gasteiger charge is -2.21. The van der Waals surface area contributed by atoms with Gasteiger partial charge in [0.1, 0.15) is 19.3 Å². The first-order valence-corrected chi connectivity index (χ1v) is 36.3. The van der Waals surface area contributed by atoms with Crippen LogP contribution in [-0.4, -0.2) is 96.7 Å². The Bertz CT molecular complexity index is 1650. The van der Waals surface area contributed by atoms with Crippen molar-refractivity contribution in [2.45, 2.75) is 330 Å². The molecule has 5 atom stereocenters. The third kappa shape index (κ3) is 58.8. The lowest BCUT2D eigenvalue weighted by molar-refractivity contribution is -0.161. The van der Waals surface area contributed by atoms with E-state index in [9.17, 15) is 43.2 Å². The fourth-order valence-electron chi connectivity index (χ4n) is 9.48. The summed E-state index contributed by atoms with van der Waals surface area (Å²) >= 11 is 0. The van der Waals surface area contributed by atoms with Crippen molar-refractivity contribution in [3.05, 3.63) is 0 Å². The van der Waals surface area contributed by atoms with Crippen LogP contribution in [0.5, 0.6) is 0 Å². The van der Waals surface area contributed by atoms with Gasteiger partial charge in [-0.05, 0) is 43.4 Å². The fourth-order valence-corrected chi connectivity index (χ4v) is 11.1. The molecule has 17 nitrogen and oxygen atoms in total. The molecule has 19 heteroatoms. The number of ether oxygens (including phenoxy) is 4. The van der Waals surface area contributed by atoms with E-state index in [0.717, 1.165) is 108 Å². The number of hydrogen-bond acceptors (Lipinski definition) is 15. The topological polar surface area (TPSA) is 237 Å². The fraction of sp³-hybridized carbons (Fsp3) is 0.938. The van der Waals surface area contributed by atoms with Gasteiger partial charge < -0.3 is 33.8 Å². The Balaban J connectivity index is 5.24. The van der Waals surface area contributed by atoms with Crippen LogP contribution < -0.4 is 0 Å². The summed E-state index contributed by atoms with van der Waals surface area (Å²) in [5.41, 5.74) is 0. The zero-order valence-electron chi connectivity index (χ0n) is 53.6. The van der Waals surface area contributed by atoms with Crippen molar-refractivity contribution in [3.8, 4) is 0 Å². The van der Waals surface area contributed by atoms with E-state index in [2.05, 4.69) is 48.5 Å². The number of carbonyl (C=O) groups is 4. The highest BCUT2D eigenvalue weighted by molar-refractivity contribution is 7.47. The van der Waals surface area contributed by atoms with Gasteiger partial charge in [-0.1, -0.05) is 260 Å². The van der Waals surface area contributed by atoms with Gasteiger partial charge in [0.15, 0.2) is 12.2 Å². The maximum atomic E-state index is 13.0. The summed E-state index contributed by atoms with van der Waals surface area (Å²) in [4.78, 5) is 72.2. The summed E-state index contributed by atoms with van der Waals surface area (Å²) in [6.07, 6.45) is 36.3. The van der Waals surface area contributed by atoms with Crippen LogP contribution in [0.2, 0.25) is 0 Å². The van der Waals surface area contributed by atoms with E-state index in [1.54, 1.807) is 0 Å². The van der Waals surface area contributed by atoms with Crippen LogP contribution in [0.1, 0.15) is 312 Å². The first-order valence-electron chi connectivity index (χ1n) is 33.3. The predicted octanol–water partition coefficient (Wildman–Crippen LogP) is 17.5. The molecule has 0 rings (SSSR count). The second kappa shape index (κ2) is 55.4. The Morgan fingerprint density at radius 1 is 0.325 bits per heavy atom. The van der Waals surface area contributed by atoms with Crippen molar-refractivity contribution in [1.29, 1.82) is 0 Å². The van der Waals surface area contributed by atoms with E-state index >= 15 is 0 Å².